The summed E-state index contributed by atoms with van der Waals surface area (Å²) >= 11 is 0. The van der Waals surface area contributed by atoms with Crippen molar-refractivity contribution in [3.05, 3.63) is 35.1 Å². The number of hydrogen-bond acceptors (Lipinski definition) is 2. The Morgan fingerprint density at radius 3 is 2.50 bits per heavy atom. The van der Waals surface area contributed by atoms with Crippen molar-refractivity contribution in [1.29, 1.82) is 0 Å². The van der Waals surface area contributed by atoms with E-state index in [9.17, 15) is 18.0 Å². The minimum absolute atomic E-state index is 0. The first-order chi connectivity index (χ1) is 9.08. The van der Waals surface area contributed by atoms with Crippen molar-refractivity contribution in [2.75, 3.05) is 13.1 Å². The van der Waals surface area contributed by atoms with Crippen LogP contribution in [-0.4, -0.2) is 25.0 Å². The molecule has 1 aromatic rings. The van der Waals surface area contributed by atoms with Crippen LogP contribution in [0, 0.1) is 17.5 Å². The van der Waals surface area contributed by atoms with Crippen molar-refractivity contribution in [1.82, 2.24) is 10.6 Å². The lowest BCUT2D eigenvalue weighted by Gasteiger charge is -2.11. The van der Waals surface area contributed by atoms with Crippen LogP contribution in [0.5, 0.6) is 0 Å². The molecule has 0 spiro atoms. The van der Waals surface area contributed by atoms with E-state index >= 15 is 0 Å². The second-order valence-electron chi connectivity index (χ2n) is 4.59. The summed E-state index contributed by atoms with van der Waals surface area (Å²) in [6.07, 6.45) is 2.95. The molecule has 3 nitrogen and oxygen atoms in total. The van der Waals surface area contributed by atoms with Crippen molar-refractivity contribution in [3.8, 4) is 0 Å². The highest BCUT2D eigenvalue weighted by molar-refractivity contribution is 5.94. The maximum atomic E-state index is 13.0. The molecule has 0 saturated carbocycles. The second-order valence-corrected chi connectivity index (χ2v) is 4.59. The molecule has 1 amide bonds. The number of carbonyl (C=O) groups excluding carboxylic acids is 1. The maximum Gasteiger partial charge on any atom is 0.251 e. The summed E-state index contributed by atoms with van der Waals surface area (Å²) in [6.45, 7) is 1.39. The average Bonchev–Trinajstić information content (AvgIpc) is 2.88. The Morgan fingerprint density at radius 2 is 1.95 bits per heavy atom. The van der Waals surface area contributed by atoms with Crippen LogP contribution < -0.4 is 10.6 Å². The zero-order chi connectivity index (χ0) is 13.8. The van der Waals surface area contributed by atoms with Crippen molar-refractivity contribution in [2.24, 2.45) is 0 Å². The average molecular weight is 309 g/mol. The van der Waals surface area contributed by atoms with Crippen LogP contribution in [0.1, 0.15) is 29.6 Å². The monoisotopic (exact) mass is 308 g/mol. The molecular formula is C13H16ClF3N2O. The zero-order valence-corrected chi connectivity index (χ0v) is 11.5. The number of halogens is 4. The molecule has 2 N–H and O–H groups in total. The van der Waals surface area contributed by atoms with Crippen molar-refractivity contribution < 1.29 is 18.0 Å². The molecule has 1 aliphatic rings. The van der Waals surface area contributed by atoms with Gasteiger partial charge in [-0.15, -0.1) is 12.4 Å². The maximum absolute atomic E-state index is 13.0. The van der Waals surface area contributed by atoms with E-state index in [0.717, 1.165) is 25.8 Å². The van der Waals surface area contributed by atoms with Crippen molar-refractivity contribution in [3.63, 3.8) is 0 Å². The van der Waals surface area contributed by atoms with E-state index < -0.39 is 23.4 Å². The van der Waals surface area contributed by atoms with Gasteiger partial charge < -0.3 is 10.6 Å². The predicted octanol–water partition coefficient (Wildman–Crippen LogP) is 2.40. The molecule has 7 heteroatoms. The third-order valence-electron chi connectivity index (χ3n) is 3.19. The molecule has 2 rings (SSSR count). The summed E-state index contributed by atoms with van der Waals surface area (Å²) in [5.74, 6) is -4.88. The summed E-state index contributed by atoms with van der Waals surface area (Å²) in [4.78, 5) is 11.6. The molecular weight excluding hydrogens is 293 g/mol. The number of carbonyl (C=O) groups is 1. The molecule has 0 bridgehead atoms. The number of hydrogen-bond donors (Lipinski definition) is 2. The molecule has 20 heavy (non-hydrogen) atoms. The molecule has 0 radical (unpaired) electrons. The molecule has 1 saturated heterocycles. The summed E-state index contributed by atoms with van der Waals surface area (Å²) in [6, 6.07) is 1.77. The molecule has 0 unspecified atom stereocenters. The van der Waals surface area contributed by atoms with E-state index in [-0.39, 0.29) is 18.0 Å². The zero-order valence-electron chi connectivity index (χ0n) is 10.7. The lowest BCUT2D eigenvalue weighted by molar-refractivity contribution is 0.0951. The van der Waals surface area contributed by atoms with Crippen LogP contribution in [0.2, 0.25) is 0 Å². The summed E-state index contributed by atoms with van der Waals surface area (Å²) in [5, 5.41) is 5.84. The molecule has 0 aliphatic carbocycles. The van der Waals surface area contributed by atoms with E-state index in [1.54, 1.807) is 0 Å². The number of rotatable bonds is 4. The highest BCUT2D eigenvalue weighted by Gasteiger charge is 2.16. The standard InChI is InChI=1S/C13H15F3N2O.ClH/c14-10-6-8(7-11(15)12(10)16)13(19)18-5-3-9-2-1-4-17-9;/h6-7,9,17H,1-5H2,(H,18,19);1H/t9-;/m1./s1. The first kappa shape index (κ1) is 16.8. The fraction of sp³-hybridized carbons (Fsp3) is 0.462. The highest BCUT2D eigenvalue weighted by atomic mass is 35.5. The van der Waals surface area contributed by atoms with Gasteiger partial charge in [-0.25, -0.2) is 13.2 Å². The minimum atomic E-state index is -1.56. The third kappa shape index (κ3) is 4.11. The topological polar surface area (TPSA) is 41.1 Å². The van der Waals surface area contributed by atoms with Crippen LogP contribution in [0.4, 0.5) is 13.2 Å². The van der Waals surface area contributed by atoms with Gasteiger partial charge in [0, 0.05) is 18.2 Å². The normalized spacial score (nSPS) is 17.6. The summed E-state index contributed by atoms with van der Waals surface area (Å²) in [5.41, 5.74) is -0.212. The molecule has 1 atom stereocenters. The van der Waals surface area contributed by atoms with Crippen molar-refractivity contribution in [2.45, 2.75) is 25.3 Å². The smallest absolute Gasteiger partial charge is 0.251 e. The number of nitrogens with one attached hydrogen (secondary N) is 2. The van der Waals surface area contributed by atoms with Gasteiger partial charge in [0.15, 0.2) is 17.5 Å². The number of amides is 1. The van der Waals surface area contributed by atoms with Crippen LogP contribution in [0.3, 0.4) is 0 Å². The number of benzene rings is 1. The second kappa shape index (κ2) is 7.50. The highest BCUT2D eigenvalue weighted by Crippen LogP contribution is 2.13. The lowest BCUT2D eigenvalue weighted by atomic mass is 10.1. The molecule has 1 heterocycles. The van der Waals surface area contributed by atoms with Crippen LogP contribution in [-0.2, 0) is 0 Å². The van der Waals surface area contributed by atoms with E-state index in [1.165, 1.54) is 0 Å². The van der Waals surface area contributed by atoms with Crippen molar-refractivity contribution >= 4 is 18.3 Å². The van der Waals surface area contributed by atoms with E-state index in [2.05, 4.69) is 10.6 Å². The Hall–Kier alpha value is -1.27. The molecule has 1 aliphatic heterocycles. The van der Waals surface area contributed by atoms with Gasteiger partial charge in [-0.1, -0.05) is 0 Å². The van der Waals surface area contributed by atoms with Gasteiger partial charge >= 0.3 is 0 Å². The van der Waals surface area contributed by atoms with E-state index in [0.29, 0.717) is 24.7 Å². The van der Waals surface area contributed by atoms with Crippen LogP contribution in [0.15, 0.2) is 12.1 Å². The fourth-order valence-corrected chi connectivity index (χ4v) is 2.15. The van der Waals surface area contributed by atoms with Gasteiger partial charge in [-0.3, -0.25) is 4.79 Å². The quantitative estimate of drug-likeness (QED) is 0.839. The first-order valence-corrected chi connectivity index (χ1v) is 6.24. The van der Waals surface area contributed by atoms with Crippen LogP contribution >= 0.6 is 12.4 Å². The van der Waals surface area contributed by atoms with E-state index in [4.69, 9.17) is 0 Å². The van der Waals surface area contributed by atoms with Gasteiger partial charge in [-0.05, 0) is 37.9 Å². The van der Waals surface area contributed by atoms with Gasteiger partial charge in [0.2, 0.25) is 0 Å². The van der Waals surface area contributed by atoms with Gasteiger partial charge in [0.25, 0.3) is 5.91 Å². The Balaban J connectivity index is 0.00000200. The molecule has 1 fully saturated rings. The largest absolute Gasteiger partial charge is 0.352 e. The Kier molecular flexibility index (Phi) is 6.29. The van der Waals surface area contributed by atoms with Crippen LogP contribution in [0.25, 0.3) is 0 Å². The van der Waals surface area contributed by atoms with Gasteiger partial charge in [0.1, 0.15) is 0 Å². The molecule has 112 valence electrons. The Morgan fingerprint density at radius 1 is 1.30 bits per heavy atom. The fourth-order valence-electron chi connectivity index (χ4n) is 2.15. The SMILES string of the molecule is Cl.O=C(NCC[C@H]1CCCN1)c1cc(F)c(F)c(F)c1. The summed E-state index contributed by atoms with van der Waals surface area (Å²) < 4.78 is 38.7. The molecule has 1 aromatic carbocycles. The minimum Gasteiger partial charge on any atom is -0.352 e. The Bertz CT molecular complexity index is 456. The van der Waals surface area contributed by atoms with Gasteiger partial charge in [-0.2, -0.15) is 0 Å². The predicted molar refractivity (Wildman–Crippen MR) is 71.5 cm³/mol. The van der Waals surface area contributed by atoms with Gasteiger partial charge in [0.05, 0.1) is 0 Å². The molecule has 0 aromatic heterocycles. The summed E-state index contributed by atoms with van der Waals surface area (Å²) in [7, 11) is 0. The third-order valence-corrected chi connectivity index (χ3v) is 3.19. The first-order valence-electron chi connectivity index (χ1n) is 6.24. The Labute approximate surface area is 121 Å². The lowest BCUT2D eigenvalue weighted by Crippen LogP contribution is -2.30. The van der Waals surface area contributed by atoms with E-state index in [1.807, 2.05) is 0 Å².